The summed E-state index contributed by atoms with van der Waals surface area (Å²) in [6.07, 6.45) is 0.404. The van der Waals surface area contributed by atoms with Gasteiger partial charge in [-0.2, -0.15) is 0 Å². The average Bonchev–Trinajstić information content (AvgIpc) is 2.83. The van der Waals surface area contributed by atoms with Crippen LogP contribution in [0.5, 0.6) is 5.75 Å². The van der Waals surface area contributed by atoms with Gasteiger partial charge in [-0.15, -0.1) is 0 Å². The van der Waals surface area contributed by atoms with Gasteiger partial charge in [0, 0.05) is 50.5 Å². The van der Waals surface area contributed by atoms with Crippen molar-refractivity contribution < 1.29 is 14.3 Å². The minimum Gasteiger partial charge on any atom is -0.497 e. The molecule has 3 aromatic carbocycles. The van der Waals surface area contributed by atoms with Gasteiger partial charge in [0.05, 0.1) is 7.11 Å². The van der Waals surface area contributed by atoms with Crippen LogP contribution in [0.1, 0.15) is 34.8 Å². The number of nitrogens with zero attached hydrogens (tertiary/aromatic N) is 2. The maximum Gasteiger partial charge on any atom is 0.254 e. The molecule has 1 N–H and O–H groups in total. The smallest absolute Gasteiger partial charge is 0.254 e. The molecule has 0 bridgehead atoms. The van der Waals surface area contributed by atoms with Crippen molar-refractivity contribution in [2.24, 2.45) is 0 Å². The van der Waals surface area contributed by atoms with Crippen molar-refractivity contribution in [1.82, 2.24) is 4.90 Å². The summed E-state index contributed by atoms with van der Waals surface area (Å²) < 4.78 is 5.23. The molecule has 0 radical (unpaired) electrons. The number of benzene rings is 3. The number of amides is 2. The van der Waals surface area contributed by atoms with Gasteiger partial charge in [0.2, 0.25) is 5.91 Å². The highest BCUT2D eigenvalue weighted by Gasteiger charge is 2.19. The van der Waals surface area contributed by atoms with E-state index >= 15 is 0 Å². The van der Waals surface area contributed by atoms with Crippen molar-refractivity contribution in [3.63, 3.8) is 0 Å². The van der Waals surface area contributed by atoms with Gasteiger partial charge in [0.15, 0.2) is 0 Å². The molecule has 0 spiro atoms. The second-order valence-electron chi connectivity index (χ2n) is 8.01. The lowest BCUT2D eigenvalue weighted by Gasteiger charge is -2.27. The minimum absolute atomic E-state index is 0.0472. The Morgan fingerprint density at radius 3 is 2.21 bits per heavy atom. The number of nitrogens with one attached hydrogen (secondary N) is 1. The van der Waals surface area contributed by atoms with Gasteiger partial charge in [-0.1, -0.05) is 37.3 Å². The Balaban J connectivity index is 1.96. The highest BCUT2D eigenvalue weighted by Crippen LogP contribution is 2.26. The van der Waals surface area contributed by atoms with E-state index < -0.39 is 0 Å². The molecule has 3 aromatic rings. The van der Waals surface area contributed by atoms with Crippen LogP contribution in [0, 0.1) is 0 Å². The van der Waals surface area contributed by atoms with E-state index in [0.29, 0.717) is 30.8 Å². The number of hydrogen-bond acceptors (Lipinski definition) is 4. The standard InChI is InChI=1S/C27H31N3O3/c1-5-26(31)28-23-13-16-25(29(2)3)22(17-23)19-30(18-20-9-7-6-8-10-20)27(32)21-11-14-24(33-4)15-12-21/h6-17H,5,18-19H2,1-4H3,(H,28,31). The van der Waals surface area contributed by atoms with Gasteiger partial charge in [-0.3, -0.25) is 9.59 Å². The molecule has 0 aliphatic rings. The monoisotopic (exact) mass is 445 g/mol. The zero-order valence-corrected chi connectivity index (χ0v) is 19.7. The molecular weight excluding hydrogens is 414 g/mol. The molecule has 0 atom stereocenters. The predicted molar refractivity (Wildman–Crippen MR) is 133 cm³/mol. The SMILES string of the molecule is CCC(=O)Nc1ccc(N(C)C)c(CN(Cc2ccccc2)C(=O)c2ccc(OC)cc2)c1. The number of rotatable bonds is 9. The maximum absolute atomic E-state index is 13.5. The van der Waals surface area contributed by atoms with E-state index in [-0.39, 0.29) is 11.8 Å². The fourth-order valence-electron chi connectivity index (χ4n) is 3.60. The normalized spacial score (nSPS) is 10.4. The highest BCUT2D eigenvalue weighted by molar-refractivity contribution is 5.94. The molecule has 0 unspecified atom stereocenters. The van der Waals surface area contributed by atoms with Gasteiger partial charge in [0.1, 0.15) is 5.75 Å². The third kappa shape index (κ3) is 6.35. The van der Waals surface area contributed by atoms with Gasteiger partial charge >= 0.3 is 0 Å². The largest absolute Gasteiger partial charge is 0.497 e. The van der Waals surface area contributed by atoms with Gasteiger partial charge in [-0.25, -0.2) is 0 Å². The van der Waals surface area contributed by atoms with Crippen LogP contribution >= 0.6 is 0 Å². The molecule has 172 valence electrons. The lowest BCUT2D eigenvalue weighted by molar-refractivity contribution is -0.115. The zero-order chi connectivity index (χ0) is 23.8. The second-order valence-corrected chi connectivity index (χ2v) is 8.01. The highest BCUT2D eigenvalue weighted by atomic mass is 16.5. The van der Waals surface area contributed by atoms with E-state index in [4.69, 9.17) is 4.74 Å². The molecule has 2 amide bonds. The number of methoxy groups -OCH3 is 1. The summed E-state index contributed by atoms with van der Waals surface area (Å²) in [7, 11) is 5.54. The lowest BCUT2D eigenvalue weighted by Crippen LogP contribution is -2.31. The van der Waals surface area contributed by atoms with Gasteiger partial charge in [-0.05, 0) is 53.6 Å². The minimum atomic E-state index is -0.0748. The summed E-state index contributed by atoms with van der Waals surface area (Å²) >= 11 is 0. The number of anilines is 2. The Bertz CT molecular complexity index is 1080. The third-order valence-electron chi connectivity index (χ3n) is 5.37. The van der Waals surface area contributed by atoms with Crippen LogP contribution in [-0.2, 0) is 17.9 Å². The van der Waals surface area contributed by atoms with Crippen molar-refractivity contribution >= 4 is 23.2 Å². The number of ether oxygens (including phenoxy) is 1. The van der Waals surface area contributed by atoms with Crippen molar-refractivity contribution in [3.05, 3.63) is 89.5 Å². The predicted octanol–water partition coefficient (Wildman–Crippen LogP) is 4.95. The summed E-state index contributed by atoms with van der Waals surface area (Å²) in [5.74, 6) is 0.582. The molecule has 6 nitrogen and oxygen atoms in total. The van der Waals surface area contributed by atoms with Crippen molar-refractivity contribution in [3.8, 4) is 5.75 Å². The van der Waals surface area contributed by atoms with E-state index in [1.54, 1.807) is 31.4 Å². The van der Waals surface area contributed by atoms with Gasteiger partial charge in [0.25, 0.3) is 5.91 Å². The molecule has 0 aliphatic heterocycles. The molecule has 6 heteroatoms. The molecular formula is C27H31N3O3. The van der Waals surface area contributed by atoms with E-state index in [1.807, 2.05) is 79.3 Å². The summed E-state index contributed by atoms with van der Waals surface area (Å²) in [5, 5.41) is 2.92. The molecule has 3 rings (SSSR count). The maximum atomic E-state index is 13.5. The van der Waals surface area contributed by atoms with E-state index in [2.05, 4.69) is 5.32 Å². The Kier molecular flexibility index (Phi) is 8.08. The Labute approximate surface area is 195 Å². The lowest BCUT2D eigenvalue weighted by atomic mass is 10.1. The topological polar surface area (TPSA) is 61.9 Å². The van der Waals surface area contributed by atoms with Gasteiger partial charge < -0.3 is 19.9 Å². The van der Waals surface area contributed by atoms with Crippen LogP contribution in [-0.4, -0.2) is 37.9 Å². The summed E-state index contributed by atoms with van der Waals surface area (Å²) in [6.45, 7) is 2.67. The fourth-order valence-corrected chi connectivity index (χ4v) is 3.60. The first kappa shape index (κ1) is 23.9. The summed E-state index contributed by atoms with van der Waals surface area (Å²) in [6, 6.07) is 22.9. The first-order chi connectivity index (χ1) is 15.9. The van der Waals surface area contributed by atoms with Crippen molar-refractivity contribution in [1.29, 1.82) is 0 Å². The first-order valence-corrected chi connectivity index (χ1v) is 11.0. The van der Waals surface area contributed by atoms with Crippen LogP contribution < -0.4 is 15.0 Å². The van der Waals surface area contributed by atoms with Crippen LogP contribution in [0.2, 0.25) is 0 Å². The summed E-state index contributed by atoms with van der Waals surface area (Å²) in [5.41, 5.74) is 4.30. The quantitative estimate of drug-likeness (QED) is 0.506. The molecule has 0 aliphatic carbocycles. The average molecular weight is 446 g/mol. The molecule has 33 heavy (non-hydrogen) atoms. The fraction of sp³-hybridized carbons (Fsp3) is 0.259. The summed E-state index contributed by atoms with van der Waals surface area (Å²) in [4.78, 5) is 29.3. The molecule has 0 aromatic heterocycles. The van der Waals surface area contributed by atoms with Crippen molar-refractivity contribution in [2.75, 3.05) is 31.4 Å². The molecule has 0 heterocycles. The number of carbonyl (C=O) groups is 2. The Hall–Kier alpha value is -3.80. The second kappa shape index (κ2) is 11.2. The van der Waals surface area contributed by atoms with Crippen LogP contribution in [0.15, 0.2) is 72.8 Å². The van der Waals surface area contributed by atoms with Crippen LogP contribution in [0.25, 0.3) is 0 Å². The Morgan fingerprint density at radius 2 is 1.61 bits per heavy atom. The van der Waals surface area contributed by atoms with E-state index in [1.165, 1.54) is 0 Å². The van der Waals surface area contributed by atoms with Crippen LogP contribution in [0.3, 0.4) is 0 Å². The third-order valence-corrected chi connectivity index (χ3v) is 5.37. The number of hydrogen-bond donors (Lipinski definition) is 1. The Morgan fingerprint density at radius 1 is 0.909 bits per heavy atom. The van der Waals surface area contributed by atoms with Crippen molar-refractivity contribution in [2.45, 2.75) is 26.4 Å². The zero-order valence-electron chi connectivity index (χ0n) is 19.7. The van der Waals surface area contributed by atoms with E-state index in [0.717, 1.165) is 22.5 Å². The molecule has 0 saturated carbocycles. The van der Waals surface area contributed by atoms with Crippen LogP contribution in [0.4, 0.5) is 11.4 Å². The molecule has 0 saturated heterocycles. The van der Waals surface area contributed by atoms with E-state index in [9.17, 15) is 9.59 Å². The number of carbonyl (C=O) groups excluding carboxylic acids is 2. The molecule has 0 fully saturated rings. The first-order valence-electron chi connectivity index (χ1n) is 11.0.